The minimum atomic E-state index is -4.51. The van der Waals surface area contributed by atoms with E-state index >= 15 is 0 Å². The van der Waals surface area contributed by atoms with E-state index in [0.717, 1.165) is 43.3 Å². The van der Waals surface area contributed by atoms with E-state index in [1.165, 1.54) is 18.4 Å². The Hall–Kier alpha value is -1.57. The quantitative estimate of drug-likeness (QED) is 0.486. The first-order valence-corrected chi connectivity index (χ1v) is 8.41. The highest BCUT2D eigenvalue weighted by Crippen LogP contribution is 2.28. The van der Waals surface area contributed by atoms with Gasteiger partial charge in [-0.2, -0.15) is 13.2 Å². The highest BCUT2D eigenvalue weighted by atomic mass is 32.2. The number of allylic oxidation sites excluding steroid dienone is 1. The van der Waals surface area contributed by atoms with Gasteiger partial charge < -0.3 is 5.32 Å². The smallest absolute Gasteiger partial charge is 0.355 e. The summed E-state index contributed by atoms with van der Waals surface area (Å²) in [7, 11) is 0. The van der Waals surface area contributed by atoms with Crippen LogP contribution >= 0.6 is 11.8 Å². The number of alkyl halides is 3. The highest BCUT2D eigenvalue weighted by molar-refractivity contribution is 7.99. The van der Waals surface area contributed by atoms with Crippen LogP contribution in [0.25, 0.3) is 0 Å². The lowest BCUT2D eigenvalue weighted by Crippen LogP contribution is -2.26. The molecule has 1 aromatic rings. The van der Waals surface area contributed by atoms with Crippen molar-refractivity contribution in [2.24, 2.45) is 0 Å². The maximum atomic E-state index is 12.5. The molecular weight excluding hydrogens is 327 g/mol. The van der Waals surface area contributed by atoms with Crippen LogP contribution in [-0.4, -0.2) is 28.2 Å². The summed E-state index contributed by atoms with van der Waals surface area (Å²) in [6.07, 6.45) is 4.21. The van der Waals surface area contributed by atoms with Crippen LogP contribution in [0.2, 0.25) is 0 Å². The summed E-state index contributed by atoms with van der Waals surface area (Å²) in [5, 5.41) is 2.72. The minimum absolute atomic E-state index is 0.000355. The molecule has 0 aliphatic heterocycles. The van der Waals surface area contributed by atoms with Gasteiger partial charge in [0.15, 0.2) is 5.16 Å². The van der Waals surface area contributed by atoms with E-state index in [2.05, 4.69) is 21.4 Å². The number of nitrogens with zero attached hydrogens (tertiary/aromatic N) is 2. The SMILES string of the molecule is O=C(CSc1nccc(C(F)(F)F)n1)NCCC1=CCCCC1. The highest BCUT2D eigenvalue weighted by Gasteiger charge is 2.32. The van der Waals surface area contributed by atoms with Crippen molar-refractivity contribution in [2.45, 2.75) is 43.4 Å². The number of thioether (sulfide) groups is 1. The van der Waals surface area contributed by atoms with E-state index in [9.17, 15) is 18.0 Å². The van der Waals surface area contributed by atoms with Gasteiger partial charge in [-0.3, -0.25) is 4.79 Å². The second kappa shape index (κ2) is 8.33. The second-order valence-electron chi connectivity index (χ2n) is 5.22. The fraction of sp³-hybridized carbons (Fsp3) is 0.533. The predicted molar refractivity (Wildman–Crippen MR) is 81.9 cm³/mol. The minimum Gasteiger partial charge on any atom is -0.355 e. The van der Waals surface area contributed by atoms with E-state index < -0.39 is 11.9 Å². The summed E-state index contributed by atoms with van der Waals surface area (Å²) in [6, 6.07) is 0.808. The molecule has 0 spiro atoms. The van der Waals surface area contributed by atoms with Crippen LogP contribution in [0.5, 0.6) is 0 Å². The molecular formula is C15H18F3N3OS. The fourth-order valence-corrected chi connectivity index (χ4v) is 2.90. The maximum Gasteiger partial charge on any atom is 0.433 e. The summed E-state index contributed by atoms with van der Waals surface area (Å²) in [5.74, 6) is -0.229. The molecule has 1 aromatic heterocycles. The normalized spacial score (nSPS) is 15.2. The number of nitrogens with one attached hydrogen (secondary N) is 1. The molecule has 4 nitrogen and oxygen atoms in total. The van der Waals surface area contributed by atoms with E-state index in [4.69, 9.17) is 0 Å². The van der Waals surface area contributed by atoms with Crippen molar-refractivity contribution in [3.63, 3.8) is 0 Å². The molecule has 0 atom stereocenters. The van der Waals surface area contributed by atoms with Crippen LogP contribution < -0.4 is 5.32 Å². The van der Waals surface area contributed by atoms with Gasteiger partial charge in [-0.05, 0) is 38.2 Å². The van der Waals surface area contributed by atoms with Gasteiger partial charge >= 0.3 is 6.18 Å². The number of halogens is 3. The molecule has 2 rings (SSSR count). The second-order valence-corrected chi connectivity index (χ2v) is 6.16. The lowest BCUT2D eigenvalue weighted by atomic mass is 9.97. The lowest BCUT2D eigenvalue weighted by molar-refractivity contribution is -0.141. The van der Waals surface area contributed by atoms with Crippen LogP contribution in [-0.2, 0) is 11.0 Å². The number of hydrogen-bond acceptors (Lipinski definition) is 4. The van der Waals surface area contributed by atoms with Gasteiger partial charge in [-0.25, -0.2) is 9.97 Å². The molecule has 1 N–H and O–H groups in total. The zero-order chi connectivity index (χ0) is 16.7. The topological polar surface area (TPSA) is 54.9 Å². The molecule has 0 saturated carbocycles. The molecule has 1 aliphatic rings. The van der Waals surface area contributed by atoms with E-state index in [1.54, 1.807) is 0 Å². The Kier molecular flexibility index (Phi) is 6.44. The van der Waals surface area contributed by atoms with Crippen molar-refractivity contribution in [3.8, 4) is 0 Å². The van der Waals surface area contributed by atoms with Gasteiger partial charge in [0, 0.05) is 12.7 Å². The molecule has 1 amide bonds. The Morgan fingerprint density at radius 1 is 1.35 bits per heavy atom. The average molecular weight is 345 g/mol. The Labute approximate surface area is 137 Å². The van der Waals surface area contributed by atoms with Gasteiger partial charge in [0.05, 0.1) is 5.75 Å². The summed E-state index contributed by atoms with van der Waals surface area (Å²) in [6.45, 7) is 0.550. The first kappa shape index (κ1) is 17.8. The fourth-order valence-electron chi connectivity index (χ4n) is 2.24. The van der Waals surface area contributed by atoms with Crippen LogP contribution in [0.4, 0.5) is 13.2 Å². The molecule has 1 aliphatic carbocycles. The van der Waals surface area contributed by atoms with Crippen LogP contribution in [0, 0.1) is 0 Å². The first-order chi connectivity index (χ1) is 10.9. The number of hydrogen-bond donors (Lipinski definition) is 1. The molecule has 1 heterocycles. The maximum absolute atomic E-state index is 12.5. The molecule has 0 fully saturated rings. The third-order valence-electron chi connectivity index (χ3n) is 3.41. The molecule has 0 saturated heterocycles. The third kappa shape index (κ3) is 6.21. The number of carbonyl (C=O) groups excluding carboxylic acids is 1. The van der Waals surface area contributed by atoms with Crippen molar-refractivity contribution in [1.82, 2.24) is 15.3 Å². The Bertz CT molecular complexity index is 575. The van der Waals surface area contributed by atoms with E-state index in [0.29, 0.717) is 6.54 Å². The molecule has 0 bridgehead atoms. The van der Waals surface area contributed by atoms with Gasteiger partial charge in [0.25, 0.3) is 0 Å². The number of amides is 1. The zero-order valence-corrected chi connectivity index (χ0v) is 13.3. The summed E-state index contributed by atoms with van der Waals surface area (Å²) in [5.41, 5.74) is 0.366. The van der Waals surface area contributed by atoms with E-state index in [-0.39, 0.29) is 16.8 Å². The van der Waals surface area contributed by atoms with Crippen LogP contribution in [0.3, 0.4) is 0 Å². The Morgan fingerprint density at radius 3 is 2.87 bits per heavy atom. The van der Waals surface area contributed by atoms with Gasteiger partial charge in [-0.15, -0.1) is 0 Å². The van der Waals surface area contributed by atoms with Gasteiger partial charge in [-0.1, -0.05) is 23.4 Å². The van der Waals surface area contributed by atoms with Crippen molar-refractivity contribution in [2.75, 3.05) is 12.3 Å². The molecule has 0 radical (unpaired) electrons. The number of carbonyl (C=O) groups is 1. The molecule has 0 unspecified atom stereocenters. The number of rotatable bonds is 6. The molecule has 8 heteroatoms. The monoisotopic (exact) mass is 345 g/mol. The van der Waals surface area contributed by atoms with Crippen LogP contribution in [0.1, 0.15) is 37.8 Å². The predicted octanol–water partition coefficient (Wildman–Crippen LogP) is 3.59. The third-order valence-corrected chi connectivity index (χ3v) is 4.27. The standard InChI is InChI=1S/C15H18F3N3OS/c16-15(17,18)12-7-9-20-14(21-12)23-10-13(22)19-8-6-11-4-2-1-3-5-11/h4,7,9H,1-3,5-6,8,10H2,(H,19,22). The van der Waals surface area contributed by atoms with Crippen LogP contribution in [0.15, 0.2) is 29.1 Å². The lowest BCUT2D eigenvalue weighted by Gasteiger charge is -2.12. The molecule has 23 heavy (non-hydrogen) atoms. The zero-order valence-electron chi connectivity index (χ0n) is 12.5. The van der Waals surface area contributed by atoms with Crippen molar-refractivity contribution < 1.29 is 18.0 Å². The van der Waals surface area contributed by atoms with E-state index in [1.807, 2.05) is 0 Å². The summed E-state index contributed by atoms with van der Waals surface area (Å²) in [4.78, 5) is 18.9. The first-order valence-electron chi connectivity index (χ1n) is 7.43. The summed E-state index contributed by atoms with van der Waals surface area (Å²) >= 11 is 0.896. The van der Waals surface area contributed by atoms with Gasteiger partial charge in [0.2, 0.25) is 5.91 Å². The molecule has 0 aromatic carbocycles. The average Bonchev–Trinajstić information content (AvgIpc) is 2.53. The largest absolute Gasteiger partial charge is 0.433 e. The Balaban J connectivity index is 1.73. The number of aromatic nitrogens is 2. The van der Waals surface area contributed by atoms with Crippen molar-refractivity contribution in [1.29, 1.82) is 0 Å². The van der Waals surface area contributed by atoms with Crippen molar-refractivity contribution in [3.05, 3.63) is 29.6 Å². The van der Waals surface area contributed by atoms with Gasteiger partial charge in [0.1, 0.15) is 5.69 Å². The molecule has 126 valence electrons. The summed E-state index contributed by atoms with van der Waals surface area (Å²) < 4.78 is 37.6. The Morgan fingerprint density at radius 2 is 2.17 bits per heavy atom. The van der Waals surface area contributed by atoms with Crippen molar-refractivity contribution >= 4 is 17.7 Å².